The minimum atomic E-state index is -0.338. The number of ether oxygens (including phenoxy) is 2. The highest BCUT2D eigenvalue weighted by molar-refractivity contribution is 5.89. The van der Waals surface area contributed by atoms with Crippen LogP contribution in [0.4, 0.5) is 0 Å². The second kappa shape index (κ2) is 9.46. The number of unbranched alkanes of at least 4 members (excludes halogenated alkanes) is 5. The van der Waals surface area contributed by atoms with Crippen molar-refractivity contribution < 1.29 is 14.3 Å². The van der Waals surface area contributed by atoms with E-state index in [0.717, 1.165) is 32.1 Å². The van der Waals surface area contributed by atoms with Crippen LogP contribution < -0.4 is 0 Å². The molecule has 1 saturated carbocycles. The maximum atomic E-state index is 11.9. The first kappa shape index (κ1) is 17.7. The predicted octanol–water partition coefficient (Wildman–Crippen LogP) is 4.80. The van der Waals surface area contributed by atoms with E-state index in [1.165, 1.54) is 32.1 Å². The summed E-state index contributed by atoms with van der Waals surface area (Å²) in [5.74, 6) is 0.374. The molecule has 0 amide bonds. The van der Waals surface area contributed by atoms with Gasteiger partial charge in [-0.3, -0.25) is 4.79 Å². The molecule has 1 spiro atoms. The van der Waals surface area contributed by atoms with E-state index in [1.807, 2.05) is 6.08 Å². The monoisotopic (exact) mass is 308 g/mol. The predicted molar refractivity (Wildman–Crippen MR) is 88.7 cm³/mol. The van der Waals surface area contributed by atoms with E-state index in [-0.39, 0.29) is 11.6 Å². The van der Waals surface area contributed by atoms with E-state index in [2.05, 4.69) is 13.0 Å². The van der Waals surface area contributed by atoms with Crippen LogP contribution in [0, 0.1) is 5.92 Å². The highest BCUT2D eigenvalue weighted by atomic mass is 16.7. The van der Waals surface area contributed by atoms with E-state index >= 15 is 0 Å². The third-order valence-electron chi connectivity index (χ3n) is 4.85. The van der Waals surface area contributed by atoms with Crippen LogP contribution in [0.15, 0.2) is 12.2 Å². The number of hydrogen-bond acceptors (Lipinski definition) is 3. The second-order valence-electron chi connectivity index (χ2n) is 6.81. The summed E-state index contributed by atoms with van der Waals surface area (Å²) in [7, 11) is 0. The van der Waals surface area contributed by atoms with Gasteiger partial charge in [0.15, 0.2) is 11.6 Å². The van der Waals surface area contributed by atoms with Crippen molar-refractivity contribution in [2.45, 2.75) is 83.3 Å². The van der Waals surface area contributed by atoms with Crippen molar-refractivity contribution in [1.29, 1.82) is 0 Å². The summed E-state index contributed by atoms with van der Waals surface area (Å²) in [6, 6.07) is 0. The highest BCUT2D eigenvalue weighted by Crippen LogP contribution is 2.39. The van der Waals surface area contributed by atoms with Crippen LogP contribution in [0.1, 0.15) is 77.6 Å². The number of allylic oxidation sites excluding steroid dienone is 2. The van der Waals surface area contributed by atoms with E-state index in [9.17, 15) is 4.79 Å². The minimum absolute atomic E-state index is 0.281. The molecule has 0 radical (unpaired) electrons. The molecule has 0 unspecified atom stereocenters. The van der Waals surface area contributed by atoms with Crippen LogP contribution in [-0.4, -0.2) is 24.8 Å². The lowest BCUT2D eigenvalue weighted by atomic mass is 9.84. The minimum Gasteiger partial charge on any atom is -0.348 e. The molecule has 0 N–H and O–H groups in total. The van der Waals surface area contributed by atoms with Crippen LogP contribution in [0.3, 0.4) is 0 Å². The van der Waals surface area contributed by atoms with E-state index in [0.29, 0.717) is 25.6 Å². The number of carbonyl (C=O) groups is 1. The van der Waals surface area contributed by atoms with Crippen molar-refractivity contribution in [3.8, 4) is 0 Å². The number of hydrogen-bond donors (Lipinski definition) is 0. The standard InChI is InChI=1S/C19H32O3/c1-2-3-4-5-6-7-10-18(20)12-11-17-9-8-13-19(16-17)21-14-15-22-19/h11-12,17H,2-10,13-16H2,1H3/b12-11+/t17-/m0/s1. The largest absolute Gasteiger partial charge is 0.348 e. The summed E-state index contributed by atoms with van der Waals surface area (Å²) in [5.41, 5.74) is 0. The van der Waals surface area contributed by atoms with Gasteiger partial charge in [0.1, 0.15) is 0 Å². The van der Waals surface area contributed by atoms with Gasteiger partial charge in [0.05, 0.1) is 13.2 Å². The zero-order valence-electron chi connectivity index (χ0n) is 14.1. The lowest BCUT2D eigenvalue weighted by molar-refractivity contribution is -0.183. The Bertz CT molecular complexity index is 356. The lowest BCUT2D eigenvalue weighted by Crippen LogP contribution is -2.35. The molecule has 1 aliphatic carbocycles. The van der Waals surface area contributed by atoms with Gasteiger partial charge in [-0.15, -0.1) is 0 Å². The Labute approximate surface area is 135 Å². The van der Waals surface area contributed by atoms with E-state index in [1.54, 1.807) is 0 Å². The van der Waals surface area contributed by atoms with Gasteiger partial charge in [-0.1, -0.05) is 45.1 Å². The molecule has 3 nitrogen and oxygen atoms in total. The van der Waals surface area contributed by atoms with Crippen molar-refractivity contribution in [1.82, 2.24) is 0 Å². The van der Waals surface area contributed by atoms with Gasteiger partial charge in [-0.05, 0) is 31.3 Å². The Morgan fingerprint density at radius 2 is 1.86 bits per heavy atom. The third-order valence-corrected chi connectivity index (χ3v) is 4.85. The average Bonchev–Trinajstić information content (AvgIpc) is 2.96. The first-order chi connectivity index (χ1) is 10.7. The molecule has 0 aromatic heterocycles. The average molecular weight is 308 g/mol. The maximum Gasteiger partial charge on any atom is 0.169 e. The third kappa shape index (κ3) is 5.85. The first-order valence-electron chi connectivity index (χ1n) is 9.23. The first-order valence-corrected chi connectivity index (χ1v) is 9.23. The van der Waals surface area contributed by atoms with Crippen molar-refractivity contribution in [3.05, 3.63) is 12.2 Å². The fraction of sp³-hybridized carbons (Fsp3) is 0.842. The molecular formula is C19H32O3. The van der Waals surface area contributed by atoms with Gasteiger partial charge in [0.25, 0.3) is 0 Å². The Balaban J connectivity index is 1.62. The van der Waals surface area contributed by atoms with Gasteiger partial charge in [0.2, 0.25) is 0 Å². The molecule has 1 aliphatic heterocycles. The second-order valence-corrected chi connectivity index (χ2v) is 6.81. The molecule has 1 heterocycles. The summed E-state index contributed by atoms with van der Waals surface area (Å²) in [4.78, 5) is 11.9. The van der Waals surface area contributed by atoms with E-state index < -0.39 is 0 Å². The Morgan fingerprint density at radius 3 is 2.64 bits per heavy atom. The Morgan fingerprint density at radius 1 is 1.14 bits per heavy atom. The van der Waals surface area contributed by atoms with Crippen LogP contribution in [0.25, 0.3) is 0 Å². The molecular weight excluding hydrogens is 276 g/mol. The zero-order chi connectivity index (χ0) is 15.7. The summed E-state index contributed by atoms with van der Waals surface area (Å²) >= 11 is 0. The molecule has 1 saturated heterocycles. The smallest absolute Gasteiger partial charge is 0.169 e. The van der Waals surface area contributed by atoms with Crippen LogP contribution in [0.2, 0.25) is 0 Å². The SMILES string of the molecule is CCCCCCCCC(=O)/C=C/[C@@H]1CCCC2(C1)OCCO2. The Hall–Kier alpha value is -0.670. The molecule has 2 rings (SSSR count). The summed E-state index contributed by atoms with van der Waals surface area (Å²) in [5, 5.41) is 0. The molecule has 1 atom stereocenters. The fourth-order valence-electron chi connectivity index (χ4n) is 3.57. The van der Waals surface area contributed by atoms with Crippen molar-refractivity contribution in [2.24, 2.45) is 5.92 Å². The van der Waals surface area contributed by atoms with Gasteiger partial charge < -0.3 is 9.47 Å². The van der Waals surface area contributed by atoms with Gasteiger partial charge in [-0.2, -0.15) is 0 Å². The summed E-state index contributed by atoms with van der Waals surface area (Å²) in [6.07, 6.45) is 16.2. The maximum absolute atomic E-state index is 11.9. The van der Waals surface area contributed by atoms with Gasteiger partial charge in [0, 0.05) is 19.3 Å². The Kier molecular flexibility index (Phi) is 7.61. The highest BCUT2D eigenvalue weighted by Gasteiger charge is 2.40. The number of ketones is 1. The molecule has 3 heteroatoms. The van der Waals surface area contributed by atoms with Gasteiger partial charge in [-0.25, -0.2) is 0 Å². The van der Waals surface area contributed by atoms with Crippen molar-refractivity contribution in [3.63, 3.8) is 0 Å². The molecule has 2 fully saturated rings. The normalized spacial score (nSPS) is 24.3. The molecule has 126 valence electrons. The number of carbonyl (C=O) groups excluding carboxylic acids is 1. The van der Waals surface area contributed by atoms with Crippen molar-refractivity contribution >= 4 is 5.78 Å². The van der Waals surface area contributed by atoms with Crippen LogP contribution in [0.5, 0.6) is 0 Å². The van der Waals surface area contributed by atoms with Crippen molar-refractivity contribution in [2.75, 3.05) is 13.2 Å². The lowest BCUT2D eigenvalue weighted by Gasteiger charge is -2.35. The van der Waals surface area contributed by atoms with E-state index in [4.69, 9.17) is 9.47 Å². The molecule has 22 heavy (non-hydrogen) atoms. The van der Waals surface area contributed by atoms with Crippen LogP contribution >= 0.6 is 0 Å². The summed E-state index contributed by atoms with van der Waals surface area (Å²) in [6.45, 7) is 3.66. The summed E-state index contributed by atoms with van der Waals surface area (Å²) < 4.78 is 11.6. The molecule has 0 bridgehead atoms. The molecule has 2 aliphatic rings. The molecule has 0 aromatic rings. The fourth-order valence-corrected chi connectivity index (χ4v) is 3.57. The topological polar surface area (TPSA) is 35.5 Å². The zero-order valence-corrected chi connectivity index (χ0v) is 14.1. The number of rotatable bonds is 9. The van der Waals surface area contributed by atoms with Gasteiger partial charge >= 0.3 is 0 Å². The quantitative estimate of drug-likeness (QED) is 0.453. The van der Waals surface area contributed by atoms with Crippen LogP contribution in [-0.2, 0) is 14.3 Å². The molecule has 0 aromatic carbocycles.